The number of rotatable bonds is 5. The Bertz CT molecular complexity index is 711. The predicted molar refractivity (Wildman–Crippen MR) is 86.5 cm³/mol. The summed E-state index contributed by atoms with van der Waals surface area (Å²) in [5, 5.41) is 0.271. The van der Waals surface area contributed by atoms with Crippen molar-refractivity contribution in [3.05, 3.63) is 57.8 Å². The lowest BCUT2D eigenvalue weighted by Gasteiger charge is -2.12. The van der Waals surface area contributed by atoms with Gasteiger partial charge in [-0.1, -0.05) is 53.5 Å². The number of aromatic nitrogens is 1. The minimum absolute atomic E-state index is 0.0323. The van der Waals surface area contributed by atoms with Crippen molar-refractivity contribution in [2.75, 3.05) is 10.5 Å². The molecule has 0 fully saturated rings. The van der Waals surface area contributed by atoms with Crippen LogP contribution < -0.4 is 4.72 Å². The van der Waals surface area contributed by atoms with Crippen LogP contribution in [0.2, 0.25) is 10.3 Å². The Hall–Kier alpha value is -1.30. The summed E-state index contributed by atoms with van der Waals surface area (Å²) in [6.07, 6.45) is 0.424. The number of halogens is 2. The van der Waals surface area contributed by atoms with Gasteiger partial charge in [-0.15, -0.1) is 0 Å². The zero-order valence-electron chi connectivity index (χ0n) is 11.3. The Kier molecular flexibility index (Phi) is 5.08. The lowest BCUT2D eigenvalue weighted by molar-refractivity contribution is 0.600. The molecule has 0 aliphatic rings. The fraction of sp³-hybridized carbons (Fsp3) is 0.214. The second-order valence-electron chi connectivity index (χ2n) is 4.58. The number of benzene rings is 1. The fourth-order valence-corrected chi connectivity index (χ4v) is 3.63. The summed E-state index contributed by atoms with van der Waals surface area (Å²) in [5.74, 6) is -0.0323. The van der Waals surface area contributed by atoms with Crippen LogP contribution in [0.3, 0.4) is 0 Å². The normalized spacial score (nSPS) is 11.4. The highest BCUT2D eigenvalue weighted by atomic mass is 35.5. The van der Waals surface area contributed by atoms with Gasteiger partial charge in [-0.05, 0) is 30.5 Å². The largest absolute Gasteiger partial charge is 0.280 e. The van der Waals surface area contributed by atoms with Gasteiger partial charge in [-0.3, -0.25) is 4.72 Å². The monoisotopic (exact) mass is 344 g/mol. The van der Waals surface area contributed by atoms with Crippen molar-refractivity contribution < 1.29 is 8.42 Å². The molecule has 0 spiro atoms. The molecule has 1 aromatic carbocycles. The summed E-state index contributed by atoms with van der Waals surface area (Å²) in [5.41, 5.74) is 1.86. The average molecular weight is 345 g/mol. The van der Waals surface area contributed by atoms with E-state index in [0.717, 1.165) is 5.56 Å². The molecule has 2 rings (SSSR count). The first kappa shape index (κ1) is 16.1. The molecule has 0 atom stereocenters. The van der Waals surface area contributed by atoms with E-state index in [2.05, 4.69) is 9.71 Å². The maximum atomic E-state index is 12.1. The molecule has 0 saturated heterocycles. The van der Waals surface area contributed by atoms with Crippen molar-refractivity contribution >= 4 is 38.9 Å². The van der Waals surface area contributed by atoms with Gasteiger partial charge in [0.1, 0.15) is 5.15 Å². The number of pyridine rings is 1. The molecule has 7 heteroatoms. The summed E-state index contributed by atoms with van der Waals surface area (Å²) >= 11 is 11.7. The van der Waals surface area contributed by atoms with E-state index < -0.39 is 10.0 Å². The van der Waals surface area contributed by atoms with Gasteiger partial charge in [-0.25, -0.2) is 13.4 Å². The molecule has 112 valence electrons. The van der Waals surface area contributed by atoms with Gasteiger partial charge in [0.05, 0.1) is 11.4 Å². The highest BCUT2D eigenvalue weighted by Crippen LogP contribution is 2.27. The molecule has 21 heavy (non-hydrogen) atoms. The van der Waals surface area contributed by atoms with Gasteiger partial charge in [0.25, 0.3) is 0 Å². The highest BCUT2D eigenvalue weighted by molar-refractivity contribution is 7.92. The van der Waals surface area contributed by atoms with Crippen molar-refractivity contribution in [3.63, 3.8) is 0 Å². The first-order chi connectivity index (χ1) is 9.87. The molecule has 0 bridgehead atoms. The number of hydrogen-bond acceptors (Lipinski definition) is 3. The van der Waals surface area contributed by atoms with E-state index in [9.17, 15) is 8.42 Å². The second-order valence-corrected chi connectivity index (χ2v) is 7.17. The van der Waals surface area contributed by atoms with Crippen LogP contribution in [0, 0.1) is 6.92 Å². The van der Waals surface area contributed by atoms with E-state index >= 15 is 0 Å². The van der Waals surface area contributed by atoms with E-state index in [0.29, 0.717) is 12.0 Å². The Labute approximate surface area is 134 Å². The first-order valence-corrected chi connectivity index (χ1v) is 8.65. The summed E-state index contributed by atoms with van der Waals surface area (Å²) in [6.45, 7) is 1.72. The molecule has 1 heterocycles. The lowest BCUT2D eigenvalue weighted by Crippen LogP contribution is -2.19. The van der Waals surface area contributed by atoms with Crippen LogP contribution in [-0.2, 0) is 16.4 Å². The number of aryl methyl sites for hydroxylation is 2. The molecule has 0 amide bonds. The third-order valence-electron chi connectivity index (χ3n) is 2.90. The van der Waals surface area contributed by atoms with Crippen LogP contribution in [0.25, 0.3) is 0 Å². The molecule has 2 aromatic rings. The van der Waals surface area contributed by atoms with Gasteiger partial charge in [0.2, 0.25) is 10.0 Å². The van der Waals surface area contributed by atoms with Crippen molar-refractivity contribution in [2.24, 2.45) is 0 Å². The zero-order chi connectivity index (χ0) is 15.5. The molecule has 1 aromatic heterocycles. The van der Waals surface area contributed by atoms with Crippen LogP contribution in [0.15, 0.2) is 36.4 Å². The average Bonchev–Trinajstić information content (AvgIpc) is 2.42. The quantitative estimate of drug-likeness (QED) is 0.841. The van der Waals surface area contributed by atoms with Gasteiger partial charge in [0.15, 0.2) is 5.15 Å². The van der Waals surface area contributed by atoms with Crippen LogP contribution in [0.5, 0.6) is 0 Å². The molecule has 0 aliphatic heterocycles. The second kappa shape index (κ2) is 6.64. The van der Waals surface area contributed by atoms with Gasteiger partial charge in [0, 0.05) is 0 Å². The molecule has 4 nitrogen and oxygen atoms in total. The molecule has 0 radical (unpaired) electrons. The topological polar surface area (TPSA) is 59.1 Å². The molecule has 1 N–H and O–H groups in total. The number of nitrogens with zero attached hydrogens (tertiary/aromatic N) is 1. The van der Waals surface area contributed by atoms with E-state index in [1.165, 1.54) is 0 Å². The Morgan fingerprint density at radius 1 is 1.19 bits per heavy atom. The maximum absolute atomic E-state index is 12.1. The molecule has 0 saturated carbocycles. The van der Waals surface area contributed by atoms with Crippen LogP contribution in [-0.4, -0.2) is 19.2 Å². The third-order valence-corrected chi connectivity index (χ3v) is 4.62. The Morgan fingerprint density at radius 3 is 2.48 bits per heavy atom. The Balaban J connectivity index is 2.11. The third kappa shape index (κ3) is 4.59. The number of nitrogens with one attached hydrogen (secondary N) is 1. The van der Waals surface area contributed by atoms with Crippen molar-refractivity contribution in [2.45, 2.75) is 13.3 Å². The summed E-state index contributed by atoms with van der Waals surface area (Å²) in [6, 6.07) is 11.0. The van der Waals surface area contributed by atoms with E-state index in [1.807, 2.05) is 30.3 Å². The van der Waals surface area contributed by atoms with E-state index in [1.54, 1.807) is 13.0 Å². The van der Waals surface area contributed by atoms with Crippen molar-refractivity contribution in [1.82, 2.24) is 4.98 Å². The SMILES string of the molecule is Cc1cc(Cl)nc(Cl)c1NS(=O)(=O)CCc1ccccc1. The molecule has 0 unspecified atom stereocenters. The van der Waals surface area contributed by atoms with Crippen LogP contribution >= 0.6 is 23.2 Å². The predicted octanol–water partition coefficient (Wildman–Crippen LogP) is 3.68. The molecule has 0 aliphatic carbocycles. The number of anilines is 1. The fourth-order valence-electron chi connectivity index (χ4n) is 1.82. The van der Waals surface area contributed by atoms with E-state index in [4.69, 9.17) is 23.2 Å². The maximum Gasteiger partial charge on any atom is 0.233 e. The Morgan fingerprint density at radius 2 is 1.86 bits per heavy atom. The minimum atomic E-state index is -3.51. The highest BCUT2D eigenvalue weighted by Gasteiger charge is 2.16. The first-order valence-electron chi connectivity index (χ1n) is 6.24. The smallest absolute Gasteiger partial charge is 0.233 e. The lowest BCUT2D eigenvalue weighted by atomic mass is 10.2. The summed E-state index contributed by atoms with van der Waals surface area (Å²) in [7, 11) is -3.51. The standard InChI is InChI=1S/C14H14Cl2N2O2S/c1-10-9-12(15)17-14(16)13(10)18-21(19,20)8-7-11-5-3-2-4-6-11/h2-6,9,18H,7-8H2,1H3. The summed E-state index contributed by atoms with van der Waals surface area (Å²) < 4.78 is 26.7. The van der Waals surface area contributed by atoms with Gasteiger partial charge < -0.3 is 0 Å². The molecular formula is C14H14Cl2N2O2S. The van der Waals surface area contributed by atoms with Crippen LogP contribution in [0.1, 0.15) is 11.1 Å². The number of hydrogen-bond donors (Lipinski definition) is 1. The van der Waals surface area contributed by atoms with Crippen LogP contribution in [0.4, 0.5) is 5.69 Å². The number of sulfonamides is 1. The van der Waals surface area contributed by atoms with E-state index in [-0.39, 0.29) is 21.7 Å². The van der Waals surface area contributed by atoms with Gasteiger partial charge >= 0.3 is 0 Å². The van der Waals surface area contributed by atoms with Crippen molar-refractivity contribution in [1.29, 1.82) is 0 Å². The minimum Gasteiger partial charge on any atom is -0.280 e. The summed E-state index contributed by atoms with van der Waals surface area (Å²) in [4.78, 5) is 3.84. The van der Waals surface area contributed by atoms with Gasteiger partial charge in [-0.2, -0.15) is 0 Å². The zero-order valence-corrected chi connectivity index (χ0v) is 13.6. The van der Waals surface area contributed by atoms with Crippen molar-refractivity contribution in [3.8, 4) is 0 Å². The molecular weight excluding hydrogens is 331 g/mol.